The predicted molar refractivity (Wildman–Crippen MR) is 83.8 cm³/mol. The van der Waals surface area contributed by atoms with Gasteiger partial charge in [0.05, 0.1) is 11.4 Å². The van der Waals surface area contributed by atoms with Crippen molar-refractivity contribution in [3.05, 3.63) is 60.7 Å². The minimum absolute atomic E-state index is 1.05. The number of thioether (sulfide) groups is 1. The lowest BCUT2D eigenvalue weighted by Gasteiger charge is -2.08. The minimum Gasteiger partial charge on any atom is -0.318 e. The summed E-state index contributed by atoms with van der Waals surface area (Å²) >= 11 is 1.84. The van der Waals surface area contributed by atoms with Gasteiger partial charge < -0.3 is 4.57 Å². The molecule has 1 aliphatic rings. The highest BCUT2D eigenvalue weighted by Crippen LogP contribution is 2.38. The lowest BCUT2D eigenvalue weighted by Crippen LogP contribution is -1.97. The van der Waals surface area contributed by atoms with Gasteiger partial charge in [0.25, 0.3) is 0 Å². The fourth-order valence-electron chi connectivity index (χ4n) is 2.66. The van der Waals surface area contributed by atoms with Crippen LogP contribution in [0.4, 0.5) is 0 Å². The normalized spacial score (nSPS) is 13.4. The Bertz CT molecular complexity index is 732. The van der Waals surface area contributed by atoms with Crippen LogP contribution in [0.5, 0.6) is 0 Å². The van der Waals surface area contributed by atoms with Gasteiger partial charge in [-0.1, -0.05) is 72.4 Å². The maximum atomic E-state index is 4.86. The van der Waals surface area contributed by atoms with Crippen molar-refractivity contribution >= 4 is 11.8 Å². The number of rotatable bonds is 2. The Morgan fingerprint density at radius 3 is 2.20 bits per heavy atom. The Kier molecular flexibility index (Phi) is 2.85. The molecule has 0 saturated heterocycles. The van der Waals surface area contributed by atoms with Gasteiger partial charge in [0, 0.05) is 23.4 Å². The van der Waals surface area contributed by atoms with Crippen molar-refractivity contribution in [1.82, 2.24) is 9.55 Å². The van der Waals surface area contributed by atoms with Crippen LogP contribution in [0, 0.1) is 0 Å². The molecule has 3 aromatic rings. The number of nitrogens with zero attached hydrogens (tertiary/aromatic N) is 2. The first-order valence-corrected chi connectivity index (χ1v) is 7.76. The Morgan fingerprint density at radius 2 is 1.50 bits per heavy atom. The van der Waals surface area contributed by atoms with E-state index in [1.165, 1.54) is 16.8 Å². The van der Waals surface area contributed by atoms with Crippen LogP contribution in [0.25, 0.3) is 22.5 Å². The molecule has 0 radical (unpaired) electrons. The third-order valence-electron chi connectivity index (χ3n) is 3.57. The molecule has 4 rings (SSSR count). The van der Waals surface area contributed by atoms with Crippen LogP contribution in [-0.4, -0.2) is 15.3 Å². The van der Waals surface area contributed by atoms with Crippen molar-refractivity contribution in [2.24, 2.45) is 0 Å². The molecule has 0 N–H and O–H groups in total. The maximum Gasteiger partial charge on any atom is 0.169 e. The smallest absolute Gasteiger partial charge is 0.169 e. The van der Waals surface area contributed by atoms with E-state index < -0.39 is 0 Å². The summed E-state index contributed by atoms with van der Waals surface area (Å²) < 4.78 is 2.35. The molecule has 0 saturated carbocycles. The molecule has 0 fully saturated rings. The zero-order chi connectivity index (χ0) is 13.4. The minimum atomic E-state index is 1.05. The second-order valence-corrected chi connectivity index (χ2v) is 5.89. The molecule has 3 heteroatoms. The van der Waals surface area contributed by atoms with E-state index in [1.807, 2.05) is 17.8 Å². The molecular weight excluding hydrogens is 264 g/mol. The lowest BCUT2D eigenvalue weighted by atomic mass is 10.0. The molecule has 98 valence electrons. The van der Waals surface area contributed by atoms with E-state index in [9.17, 15) is 0 Å². The summed E-state index contributed by atoms with van der Waals surface area (Å²) in [7, 11) is 0. The number of imidazole rings is 1. The van der Waals surface area contributed by atoms with Crippen molar-refractivity contribution < 1.29 is 0 Å². The highest BCUT2D eigenvalue weighted by atomic mass is 32.2. The predicted octanol–water partition coefficient (Wildman–Crippen LogP) is 4.32. The first-order chi connectivity index (χ1) is 9.93. The molecule has 1 aromatic heterocycles. The van der Waals surface area contributed by atoms with Gasteiger partial charge >= 0.3 is 0 Å². The Hall–Kier alpha value is -2.00. The molecule has 0 aliphatic carbocycles. The van der Waals surface area contributed by atoms with Gasteiger partial charge in [-0.25, -0.2) is 4.98 Å². The zero-order valence-corrected chi connectivity index (χ0v) is 11.8. The zero-order valence-electron chi connectivity index (χ0n) is 11.0. The topological polar surface area (TPSA) is 17.8 Å². The van der Waals surface area contributed by atoms with Crippen LogP contribution >= 0.6 is 11.8 Å². The summed E-state index contributed by atoms with van der Waals surface area (Å²) in [6, 6.07) is 21.0. The van der Waals surface area contributed by atoms with E-state index >= 15 is 0 Å². The van der Waals surface area contributed by atoms with Crippen molar-refractivity contribution in [1.29, 1.82) is 0 Å². The van der Waals surface area contributed by atoms with E-state index in [0.29, 0.717) is 0 Å². The average Bonchev–Trinajstić information content (AvgIpc) is 3.09. The molecule has 0 spiro atoms. The van der Waals surface area contributed by atoms with Crippen LogP contribution in [0.1, 0.15) is 0 Å². The van der Waals surface area contributed by atoms with Crippen LogP contribution in [0.3, 0.4) is 0 Å². The third-order valence-corrected chi connectivity index (χ3v) is 4.53. The molecule has 0 unspecified atom stereocenters. The van der Waals surface area contributed by atoms with Crippen molar-refractivity contribution in [2.45, 2.75) is 11.7 Å². The van der Waals surface area contributed by atoms with E-state index in [0.717, 1.165) is 23.1 Å². The van der Waals surface area contributed by atoms with Gasteiger partial charge in [-0.05, 0) is 0 Å². The van der Waals surface area contributed by atoms with Gasteiger partial charge in [0.1, 0.15) is 0 Å². The Labute approximate surface area is 122 Å². The number of benzene rings is 2. The van der Waals surface area contributed by atoms with Crippen molar-refractivity contribution in [2.75, 3.05) is 5.75 Å². The lowest BCUT2D eigenvalue weighted by molar-refractivity contribution is 0.726. The monoisotopic (exact) mass is 278 g/mol. The molecule has 1 aliphatic heterocycles. The van der Waals surface area contributed by atoms with Gasteiger partial charge in [-0.3, -0.25) is 0 Å². The van der Waals surface area contributed by atoms with E-state index in [4.69, 9.17) is 4.98 Å². The van der Waals surface area contributed by atoms with Crippen LogP contribution in [-0.2, 0) is 6.54 Å². The fourth-order valence-corrected chi connectivity index (χ4v) is 3.61. The largest absolute Gasteiger partial charge is 0.318 e. The second-order valence-electron chi connectivity index (χ2n) is 4.82. The van der Waals surface area contributed by atoms with Crippen LogP contribution < -0.4 is 0 Å². The molecule has 2 aromatic carbocycles. The quantitative estimate of drug-likeness (QED) is 0.694. The molecule has 2 nitrogen and oxygen atoms in total. The summed E-state index contributed by atoms with van der Waals surface area (Å²) in [5, 5.41) is 1.14. The second kappa shape index (κ2) is 4.84. The van der Waals surface area contributed by atoms with E-state index in [-0.39, 0.29) is 0 Å². The molecule has 0 bridgehead atoms. The van der Waals surface area contributed by atoms with Crippen molar-refractivity contribution in [3.63, 3.8) is 0 Å². The highest BCUT2D eigenvalue weighted by molar-refractivity contribution is 7.99. The molecule has 2 heterocycles. The third kappa shape index (κ3) is 1.86. The first-order valence-electron chi connectivity index (χ1n) is 6.77. The highest BCUT2D eigenvalue weighted by Gasteiger charge is 2.23. The molecule has 0 atom stereocenters. The molecule has 20 heavy (non-hydrogen) atoms. The summed E-state index contributed by atoms with van der Waals surface area (Å²) in [6.45, 7) is 1.05. The number of fused-ring (bicyclic) bond motifs is 1. The maximum absolute atomic E-state index is 4.86. The SMILES string of the molecule is c1ccc(-c2nc3n(c2-c2ccccc2)CCS3)cc1. The standard InChI is InChI=1S/C17H14N2S/c1-3-7-13(8-4-1)15-16(14-9-5-2-6-10-14)19-11-12-20-17(19)18-15/h1-10H,11-12H2. The van der Waals surface area contributed by atoms with Crippen LogP contribution in [0.15, 0.2) is 65.8 Å². The Balaban J connectivity index is 1.97. The fraction of sp³-hybridized carbons (Fsp3) is 0.118. The summed E-state index contributed by atoms with van der Waals surface area (Å²) in [6.07, 6.45) is 0. The van der Waals surface area contributed by atoms with Gasteiger partial charge in [-0.15, -0.1) is 0 Å². The summed E-state index contributed by atoms with van der Waals surface area (Å²) in [5.41, 5.74) is 4.78. The van der Waals surface area contributed by atoms with E-state index in [1.54, 1.807) is 0 Å². The van der Waals surface area contributed by atoms with Crippen LogP contribution in [0.2, 0.25) is 0 Å². The van der Waals surface area contributed by atoms with Gasteiger partial charge in [0.2, 0.25) is 0 Å². The number of hydrogen-bond donors (Lipinski definition) is 0. The average molecular weight is 278 g/mol. The summed E-state index contributed by atoms with van der Waals surface area (Å²) in [5.74, 6) is 1.12. The van der Waals surface area contributed by atoms with Gasteiger partial charge in [-0.2, -0.15) is 0 Å². The van der Waals surface area contributed by atoms with Gasteiger partial charge in [0.15, 0.2) is 5.16 Å². The molecular formula is C17H14N2S. The number of hydrogen-bond acceptors (Lipinski definition) is 2. The number of aromatic nitrogens is 2. The van der Waals surface area contributed by atoms with Crippen molar-refractivity contribution in [3.8, 4) is 22.5 Å². The van der Waals surface area contributed by atoms with E-state index in [2.05, 4.69) is 59.2 Å². The Morgan fingerprint density at radius 1 is 0.850 bits per heavy atom. The summed E-state index contributed by atoms with van der Waals surface area (Å²) in [4.78, 5) is 4.86. The molecule has 0 amide bonds. The first kappa shape index (κ1) is 11.8.